The van der Waals surface area contributed by atoms with Gasteiger partial charge in [0.25, 0.3) is 5.89 Å². The fourth-order valence-corrected chi connectivity index (χ4v) is 2.23. The Hall–Kier alpha value is -2.28. The minimum Gasteiger partial charge on any atom is -0.375 e. The van der Waals surface area contributed by atoms with Crippen LogP contribution in [0.3, 0.4) is 0 Å². The fraction of sp³-hybridized carbons (Fsp3) is 0.0833. The molecule has 2 aromatic heterocycles. The van der Waals surface area contributed by atoms with Gasteiger partial charge in [0.15, 0.2) is 5.13 Å². The van der Waals surface area contributed by atoms with Crippen molar-refractivity contribution in [1.29, 1.82) is 0 Å². The highest BCUT2D eigenvalue weighted by Crippen LogP contribution is 2.25. The number of aromatic nitrogens is 3. The lowest BCUT2D eigenvalue weighted by molar-refractivity contribution is 0.431. The van der Waals surface area contributed by atoms with E-state index >= 15 is 0 Å². The van der Waals surface area contributed by atoms with Gasteiger partial charge in [-0.25, -0.2) is 9.37 Å². The van der Waals surface area contributed by atoms with Crippen LogP contribution < -0.4 is 5.73 Å². The molecule has 0 aliphatic heterocycles. The monoisotopic (exact) mass is 276 g/mol. The molecule has 3 rings (SSSR count). The normalized spacial score (nSPS) is 10.8. The van der Waals surface area contributed by atoms with Crippen LogP contribution in [-0.2, 0) is 0 Å². The molecule has 1 aromatic carbocycles. The molecule has 0 bridgehead atoms. The number of benzene rings is 1. The highest BCUT2D eigenvalue weighted by molar-refractivity contribution is 7.13. The number of anilines is 1. The minimum absolute atomic E-state index is 0.268. The molecule has 2 heterocycles. The highest BCUT2D eigenvalue weighted by Gasteiger charge is 2.13. The number of nitrogens with two attached hydrogens (primary N) is 1. The molecular formula is C12H9FN4OS. The van der Waals surface area contributed by atoms with Gasteiger partial charge in [-0.2, -0.15) is 4.98 Å². The Labute approximate surface area is 111 Å². The van der Waals surface area contributed by atoms with E-state index in [2.05, 4.69) is 15.1 Å². The molecule has 5 nitrogen and oxygen atoms in total. The summed E-state index contributed by atoms with van der Waals surface area (Å²) < 4.78 is 18.4. The molecule has 0 amide bonds. The third-order valence-electron chi connectivity index (χ3n) is 2.47. The lowest BCUT2D eigenvalue weighted by Crippen LogP contribution is -1.86. The third kappa shape index (κ3) is 2.32. The Morgan fingerprint density at radius 3 is 2.79 bits per heavy atom. The Bertz CT molecular complexity index is 717. The molecule has 0 spiro atoms. The first-order valence-electron chi connectivity index (χ1n) is 5.44. The van der Waals surface area contributed by atoms with Gasteiger partial charge in [-0.05, 0) is 30.7 Å². The minimum atomic E-state index is -0.334. The molecule has 0 aliphatic rings. The van der Waals surface area contributed by atoms with Crippen LogP contribution in [0.2, 0.25) is 0 Å². The van der Waals surface area contributed by atoms with E-state index in [1.54, 1.807) is 18.4 Å². The van der Waals surface area contributed by atoms with E-state index in [1.165, 1.54) is 23.5 Å². The second kappa shape index (κ2) is 4.43. The van der Waals surface area contributed by atoms with E-state index in [4.69, 9.17) is 10.3 Å². The lowest BCUT2D eigenvalue weighted by atomic mass is 10.1. The maximum atomic E-state index is 13.3. The zero-order valence-electron chi connectivity index (χ0n) is 9.92. The molecule has 0 saturated heterocycles. The molecule has 0 atom stereocenters. The average Bonchev–Trinajstić information content (AvgIpc) is 2.95. The molecule has 0 fully saturated rings. The summed E-state index contributed by atoms with van der Waals surface area (Å²) in [5.41, 5.74) is 7.42. The SMILES string of the molecule is Cc1cc(F)cc(-c2noc(-c3csc(N)n3)n2)c1. The fourth-order valence-electron chi connectivity index (χ4n) is 1.70. The number of hydrogen-bond acceptors (Lipinski definition) is 6. The van der Waals surface area contributed by atoms with Crippen molar-refractivity contribution in [3.8, 4) is 23.0 Å². The van der Waals surface area contributed by atoms with Crippen LogP contribution in [0.4, 0.5) is 9.52 Å². The maximum absolute atomic E-state index is 13.3. The largest absolute Gasteiger partial charge is 0.375 e. The molecule has 2 N–H and O–H groups in total. The third-order valence-corrected chi connectivity index (χ3v) is 3.14. The van der Waals surface area contributed by atoms with Gasteiger partial charge in [0.1, 0.15) is 11.5 Å². The van der Waals surface area contributed by atoms with Crippen molar-refractivity contribution >= 4 is 16.5 Å². The summed E-state index contributed by atoms with van der Waals surface area (Å²) in [6, 6.07) is 4.58. The van der Waals surface area contributed by atoms with Gasteiger partial charge in [-0.1, -0.05) is 5.16 Å². The molecule has 3 aromatic rings. The van der Waals surface area contributed by atoms with E-state index in [0.29, 0.717) is 22.2 Å². The van der Waals surface area contributed by atoms with Gasteiger partial charge in [0.05, 0.1) is 0 Å². The van der Waals surface area contributed by atoms with Gasteiger partial charge in [0.2, 0.25) is 5.82 Å². The zero-order valence-corrected chi connectivity index (χ0v) is 10.7. The summed E-state index contributed by atoms with van der Waals surface area (Å²) in [7, 11) is 0. The Morgan fingerprint density at radius 2 is 2.11 bits per heavy atom. The van der Waals surface area contributed by atoms with Crippen molar-refractivity contribution in [3.63, 3.8) is 0 Å². The van der Waals surface area contributed by atoms with Crippen LogP contribution >= 0.6 is 11.3 Å². The average molecular weight is 276 g/mol. The van der Waals surface area contributed by atoms with Crippen LogP contribution in [-0.4, -0.2) is 15.1 Å². The number of halogens is 1. The molecule has 0 radical (unpaired) electrons. The molecule has 0 aliphatic carbocycles. The predicted molar refractivity (Wildman–Crippen MR) is 69.9 cm³/mol. The second-order valence-electron chi connectivity index (χ2n) is 4.01. The van der Waals surface area contributed by atoms with Gasteiger partial charge < -0.3 is 10.3 Å². The Balaban J connectivity index is 2.01. The van der Waals surface area contributed by atoms with Crippen molar-refractivity contribution in [3.05, 3.63) is 35.0 Å². The summed E-state index contributed by atoms with van der Waals surface area (Å²) in [4.78, 5) is 8.24. The smallest absolute Gasteiger partial charge is 0.277 e. The summed E-state index contributed by atoms with van der Waals surface area (Å²) in [5.74, 6) is 0.258. The van der Waals surface area contributed by atoms with Crippen molar-refractivity contribution in [2.75, 3.05) is 5.73 Å². The summed E-state index contributed by atoms with van der Waals surface area (Å²) in [6.07, 6.45) is 0. The van der Waals surface area contributed by atoms with Crippen LogP contribution in [0.25, 0.3) is 23.0 Å². The van der Waals surface area contributed by atoms with E-state index in [0.717, 1.165) is 5.56 Å². The van der Waals surface area contributed by atoms with Crippen LogP contribution in [0, 0.1) is 12.7 Å². The molecule has 96 valence electrons. The van der Waals surface area contributed by atoms with E-state index in [1.807, 2.05) is 0 Å². The van der Waals surface area contributed by atoms with Gasteiger partial charge in [-0.15, -0.1) is 11.3 Å². The van der Waals surface area contributed by atoms with Gasteiger partial charge in [0, 0.05) is 10.9 Å². The van der Waals surface area contributed by atoms with Crippen LogP contribution in [0.15, 0.2) is 28.1 Å². The van der Waals surface area contributed by atoms with Crippen molar-refractivity contribution in [1.82, 2.24) is 15.1 Å². The van der Waals surface area contributed by atoms with E-state index < -0.39 is 0 Å². The van der Waals surface area contributed by atoms with Crippen molar-refractivity contribution in [2.24, 2.45) is 0 Å². The first-order chi connectivity index (χ1) is 9.11. The Kier molecular flexibility index (Phi) is 2.75. The van der Waals surface area contributed by atoms with Gasteiger partial charge >= 0.3 is 0 Å². The number of thiazole rings is 1. The molecule has 19 heavy (non-hydrogen) atoms. The van der Waals surface area contributed by atoms with E-state index in [9.17, 15) is 4.39 Å². The molecule has 0 unspecified atom stereocenters. The first-order valence-corrected chi connectivity index (χ1v) is 6.32. The standard InChI is InChI=1S/C12H9FN4OS/c1-6-2-7(4-8(13)3-6)10-16-11(18-17-10)9-5-19-12(14)15-9/h2-5H,1H3,(H2,14,15). The predicted octanol–water partition coefficient (Wildman–Crippen LogP) is 2.89. The van der Waals surface area contributed by atoms with Crippen molar-refractivity contribution in [2.45, 2.75) is 6.92 Å². The number of rotatable bonds is 2. The quantitative estimate of drug-likeness (QED) is 0.778. The molecule has 0 saturated carbocycles. The Morgan fingerprint density at radius 1 is 1.26 bits per heavy atom. The summed E-state index contributed by atoms with van der Waals surface area (Å²) in [6.45, 7) is 1.80. The zero-order chi connectivity index (χ0) is 13.4. The number of nitrogen functional groups attached to an aromatic ring is 1. The topological polar surface area (TPSA) is 77.8 Å². The van der Waals surface area contributed by atoms with E-state index in [-0.39, 0.29) is 11.7 Å². The first kappa shape index (κ1) is 11.8. The highest BCUT2D eigenvalue weighted by atomic mass is 32.1. The number of nitrogens with zero attached hydrogens (tertiary/aromatic N) is 3. The summed E-state index contributed by atoms with van der Waals surface area (Å²) in [5, 5.41) is 5.98. The lowest BCUT2D eigenvalue weighted by Gasteiger charge is -1.97. The molecular weight excluding hydrogens is 267 g/mol. The van der Waals surface area contributed by atoms with Crippen molar-refractivity contribution < 1.29 is 8.91 Å². The maximum Gasteiger partial charge on any atom is 0.277 e. The van der Waals surface area contributed by atoms with Crippen LogP contribution in [0.1, 0.15) is 5.56 Å². The second-order valence-corrected chi connectivity index (χ2v) is 4.90. The number of aryl methyl sites for hydroxylation is 1. The van der Waals surface area contributed by atoms with Crippen LogP contribution in [0.5, 0.6) is 0 Å². The summed E-state index contributed by atoms with van der Waals surface area (Å²) >= 11 is 1.29. The molecule has 7 heteroatoms. The number of hydrogen-bond donors (Lipinski definition) is 1. The van der Waals surface area contributed by atoms with Gasteiger partial charge in [-0.3, -0.25) is 0 Å².